The molecule has 0 N–H and O–H groups in total. The highest BCUT2D eigenvalue weighted by Crippen LogP contribution is 2.43. The highest BCUT2D eigenvalue weighted by atomic mass is 28.3. The van der Waals surface area contributed by atoms with Crippen LogP contribution in [0.2, 0.25) is 18.6 Å². The molecule has 0 aromatic heterocycles. The van der Waals surface area contributed by atoms with Crippen LogP contribution in [0.3, 0.4) is 0 Å². The molecule has 0 radical (unpaired) electrons. The Hall–Kier alpha value is -0.823. The quantitative estimate of drug-likeness (QED) is 0.543. The summed E-state index contributed by atoms with van der Waals surface area (Å²) in [5.74, 6) is 0. The van der Waals surface area contributed by atoms with Gasteiger partial charge in [-0.05, 0) is 23.8 Å². The first-order chi connectivity index (χ1) is 8.33. The van der Waals surface area contributed by atoms with E-state index in [-0.39, 0.29) is 0 Å². The van der Waals surface area contributed by atoms with Crippen molar-refractivity contribution in [1.82, 2.24) is 0 Å². The van der Waals surface area contributed by atoms with Gasteiger partial charge in [0.15, 0.2) is 0 Å². The fourth-order valence-electron chi connectivity index (χ4n) is 3.04. The second kappa shape index (κ2) is 4.69. The summed E-state index contributed by atoms with van der Waals surface area (Å²) in [6.07, 6.45) is 5.18. The zero-order valence-corrected chi connectivity index (χ0v) is 13.5. The third-order valence-electron chi connectivity index (χ3n) is 4.79. The molecule has 1 aliphatic carbocycles. The molecular weight excluding hydrogens is 232 g/mol. The minimum absolute atomic E-state index is 0.421. The lowest BCUT2D eigenvalue weighted by Gasteiger charge is -2.31. The predicted octanol–water partition coefficient (Wildman–Crippen LogP) is 4.74. The number of rotatable bonds is 3. The van der Waals surface area contributed by atoms with Gasteiger partial charge in [0.25, 0.3) is 0 Å². The van der Waals surface area contributed by atoms with E-state index in [2.05, 4.69) is 70.3 Å². The third-order valence-corrected chi connectivity index (χ3v) is 9.15. The Morgan fingerprint density at radius 2 is 1.72 bits per heavy atom. The van der Waals surface area contributed by atoms with Crippen LogP contribution in [-0.4, -0.2) is 8.07 Å². The topological polar surface area (TPSA) is 0 Å². The molecule has 1 aromatic rings. The van der Waals surface area contributed by atoms with Crippen molar-refractivity contribution in [2.45, 2.75) is 52.2 Å². The lowest BCUT2D eigenvalue weighted by Crippen LogP contribution is -2.45. The highest BCUT2D eigenvalue weighted by Gasteiger charge is 2.35. The van der Waals surface area contributed by atoms with E-state index >= 15 is 0 Å². The van der Waals surface area contributed by atoms with Gasteiger partial charge in [-0.1, -0.05) is 81.0 Å². The fourth-order valence-corrected chi connectivity index (χ4v) is 5.74. The van der Waals surface area contributed by atoms with Gasteiger partial charge in [-0.25, -0.2) is 0 Å². The van der Waals surface area contributed by atoms with E-state index in [1.54, 1.807) is 10.8 Å². The number of benzene rings is 1. The summed E-state index contributed by atoms with van der Waals surface area (Å²) >= 11 is 0. The van der Waals surface area contributed by atoms with Gasteiger partial charge in [-0.15, -0.1) is 0 Å². The Balaban J connectivity index is 2.26. The van der Waals surface area contributed by atoms with Crippen LogP contribution >= 0.6 is 0 Å². The Morgan fingerprint density at radius 1 is 1.11 bits per heavy atom. The molecule has 0 heterocycles. The van der Waals surface area contributed by atoms with Crippen LogP contribution in [0.5, 0.6) is 0 Å². The summed E-state index contributed by atoms with van der Waals surface area (Å²) in [5.41, 5.74) is 2.88. The van der Waals surface area contributed by atoms with Gasteiger partial charge in [0.2, 0.25) is 0 Å². The highest BCUT2D eigenvalue weighted by molar-refractivity contribution is 6.91. The van der Waals surface area contributed by atoms with Crippen molar-refractivity contribution in [3.63, 3.8) is 0 Å². The van der Waals surface area contributed by atoms with Crippen molar-refractivity contribution in [1.29, 1.82) is 0 Å². The zero-order chi connectivity index (χ0) is 13.4. The molecular formula is C17H26Si. The van der Waals surface area contributed by atoms with Crippen LogP contribution in [0.4, 0.5) is 0 Å². The molecule has 1 aromatic carbocycles. The van der Waals surface area contributed by atoms with E-state index in [1.165, 1.54) is 12.8 Å². The fraction of sp³-hybridized carbons (Fsp3) is 0.529. The molecule has 18 heavy (non-hydrogen) atoms. The van der Waals surface area contributed by atoms with E-state index in [9.17, 15) is 0 Å². The first-order valence-electron chi connectivity index (χ1n) is 7.10. The lowest BCUT2D eigenvalue weighted by molar-refractivity contribution is 0.470. The van der Waals surface area contributed by atoms with Gasteiger partial charge < -0.3 is 0 Å². The summed E-state index contributed by atoms with van der Waals surface area (Å²) < 4.78 is 0. The molecule has 0 aliphatic heterocycles. The maximum atomic E-state index is 2.55. The first-order valence-corrected chi connectivity index (χ1v) is 10.2. The van der Waals surface area contributed by atoms with Crippen molar-refractivity contribution in [2.24, 2.45) is 5.41 Å². The molecule has 0 spiro atoms. The van der Waals surface area contributed by atoms with Crippen LogP contribution < -0.4 is 5.19 Å². The van der Waals surface area contributed by atoms with Crippen LogP contribution in [0.15, 0.2) is 42.0 Å². The SMILES string of the molecule is CC(C1=CC(C)(C)CC1)[Si](C)(C)c1ccccc1. The van der Waals surface area contributed by atoms with E-state index < -0.39 is 8.07 Å². The van der Waals surface area contributed by atoms with E-state index in [0.717, 1.165) is 5.54 Å². The Bertz CT molecular complexity index is 440. The van der Waals surface area contributed by atoms with Crippen molar-refractivity contribution in [3.8, 4) is 0 Å². The van der Waals surface area contributed by atoms with Gasteiger partial charge in [0, 0.05) is 0 Å². The van der Waals surface area contributed by atoms with Crippen LogP contribution in [0, 0.1) is 5.41 Å². The summed E-state index contributed by atoms with van der Waals surface area (Å²) in [6, 6.07) is 11.1. The van der Waals surface area contributed by atoms with Gasteiger partial charge >= 0.3 is 0 Å². The Labute approximate surface area is 113 Å². The zero-order valence-electron chi connectivity index (χ0n) is 12.5. The smallest absolute Gasteiger partial charge is 0.0796 e. The van der Waals surface area contributed by atoms with Crippen LogP contribution in [0.25, 0.3) is 0 Å². The summed E-state index contributed by atoms with van der Waals surface area (Å²) in [5, 5.41) is 1.59. The van der Waals surface area contributed by atoms with Gasteiger partial charge in [0.05, 0.1) is 8.07 Å². The number of allylic oxidation sites excluding steroid dienone is 2. The maximum absolute atomic E-state index is 2.55. The maximum Gasteiger partial charge on any atom is 0.0873 e. The third kappa shape index (κ3) is 2.61. The largest absolute Gasteiger partial charge is 0.0873 e. The van der Waals surface area contributed by atoms with Crippen LogP contribution in [-0.2, 0) is 0 Å². The molecule has 1 heteroatoms. The van der Waals surface area contributed by atoms with Crippen molar-refractivity contribution < 1.29 is 0 Å². The van der Waals surface area contributed by atoms with Crippen molar-refractivity contribution in [2.75, 3.05) is 0 Å². The molecule has 98 valence electrons. The molecule has 1 unspecified atom stereocenters. The molecule has 1 aliphatic rings. The predicted molar refractivity (Wildman–Crippen MR) is 84.1 cm³/mol. The Morgan fingerprint density at radius 3 is 2.22 bits per heavy atom. The monoisotopic (exact) mass is 258 g/mol. The minimum atomic E-state index is -1.38. The number of hydrogen-bond donors (Lipinski definition) is 0. The average molecular weight is 258 g/mol. The minimum Gasteiger partial charge on any atom is -0.0796 e. The van der Waals surface area contributed by atoms with E-state index in [1.807, 2.05) is 0 Å². The molecule has 0 bridgehead atoms. The van der Waals surface area contributed by atoms with Crippen LogP contribution in [0.1, 0.15) is 33.6 Å². The standard InChI is InChI=1S/C17H26Si/c1-14(15-11-12-17(2,3)13-15)18(4,5)16-9-7-6-8-10-16/h6-10,13-14H,11-12H2,1-5H3. The second-order valence-corrected chi connectivity index (χ2v) is 11.9. The van der Waals surface area contributed by atoms with Gasteiger partial charge in [-0.3, -0.25) is 0 Å². The van der Waals surface area contributed by atoms with Gasteiger partial charge in [-0.2, -0.15) is 0 Å². The molecule has 0 saturated carbocycles. The first kappa shape index (κ1) is 13.6. The molecule has 2 rings (SSSR count). The normalized spacial score (nSPS) is 20.6. The second-order valence-electron chi connectivity index (χ2n) is 7.02. The molecule has 0 fully saturated rings. The van der Waals surface area contributed by atoms with Gasteiger partial charge in [0.1, 0.15) is 0 Å². The summed E-state index contributed by atoms with van der Waals surface area (Å²) in [4.78, 5) is 0. The van der Waals surface area contributed by atoms with Crippen molar-refractivity contribution in [3.05, 3.63) is 42.0 Å². The molecule has 0 amide bonds. The summed E-state index contributed by atoms with van der Waals surface area (Å²) in [6.45, 7) is 12.2. The van der Waals surface area contributed by atoms with Crippen molar-refractivity contribution >= 4 is 13.3 Å². The summed E-state index contributed by atoms with van der Waals surface area (Å²) in [7, 11) is -1.38. The van der Waals surface area contributed by atoms with E-state index in [0.29, 0.717) is 5.41 Å². The molecule has 1 atom stereocenters. The molecule has 0 nitrogen and oxygen atoms in total. The lowest BCUT2D eigenvalue weighted by atomic mass is 9.94. The number of hydrogen-bond acceptors (Lipinski definition) is 0. The Kier molecular flexibility index (Phi) is 3.55. The average Bonchev–Trinajstić information content (AvgIpc) is 2.69. The molecule has 0 saturated heterocycles. The van der Waals surface area contributed by atoms with E-state index in [4.69, 9.17) is 0 Å².